The molecule has 2 aliphatic heterocycles. The average Bonchev–Trinajstić information content (AvgIpc) is 3.43. The Labute approximate surface area is 164 Å². The monoisotopic (exact) mass is 413 g/mol. The number of carbonyl (C=O) groups excluding carboxylic acids is 2. The molecule has 0 aromatic heterocycles. The van der Waals surface area contributed by atoms with Crippen LogP contribution in [0.2, 0.25) is 0 Å². The second kappa shape index (κ2) is 7.75. The van der Waals surface area contributed by atoms with Gasteiger partial charge in [0.15, 0.2) is 11.6 Å². The quantitative estimate of drug-likeness (QED) is 0.738. The maximum absolute atomic E-state index is 14.6. The van der Waals surface area contributed by atoms with Gasteiger partial charge in [0.2, 0.25) is 5.91 Å². The molecule has 1 atom stereocenters. The van der Waals surface area contributed by atoms with E-state index < -0.39 is 35.0 Å². The first-order valence-electron chi connectivity index (χ1n) is 9.27. The van der Waals surface area contributed by atoms with Crippen molar-refractivity contribution in [2.45, 2.75) is 18.9 Å². The molecule has 1 aromatic carbocycles. The number of amides is 2. The molecule has 152 valence electrons. The van der Waals surface area contributed by atoms with Gasteiger partial charge >= 0.3 is 6.09 Å². The largest absolute Gasteiger partial charge is 0.616 e. The molecule has 2 heterocycles. The van der Waals surface area contributed by atoms with Crippen molar-refractivity contribution in [2.24, 2.45) is 5.92 Å². The number of hydrogen-bond acceptors (Lipinski definition) is 5. The molecule has 1 N–H and O–H groups in total. The zero-order valence-electron chi connectivity index (χ0n) is 15.2. The number of hydrogen-bond donors (Lipinski definition) is 1. The summed E-state index contributed by atoms with van der Waals surface area (Å²) in [5, 5.41) is 2.74. The molecule has 0 spiro atoms. The first-order valence-corrected chi connectivity index (χ1v) is 10.8. The molecule has 0 unspecified atom stereocenters. The zero-order valence-corrected chi connectivity index (χ0v) is 16.0. The average molecular weight is 413 g/mol. The molecular weight excluding hydrogens is 392 g/mol. The number of halogens is 2. The van der Waals surface area contributed by atoms with E-state index in [0.717, 1.165) is 29.9 Å². The van der Waals surface area contributed by atoms with Gasteiger partial charge in [-0.2, -0.15) is 0 Å². The third-order valence-corrected chi connectivity index (χ3v) is 6.41. The molecular formula is C18H21F2N3O4S. The first-order chi connectivity index (χ1) is 13.4. The summed E-state index contributed by atoms with van der Waals surface area (Å²) >= 11 is -0.954. The highest BCUT2D eigenvalue weighted by Crippen LogP contribution is 2.32. The fourth-order valence-electron chi connectivity index (χ4n) is 3.41. The summed E-state index contributed by atoms with van der Waals surface area (Å²) in [6.07, 6.45) is 0.476. The molecule has 1 aromatic rings. The number of ether oxygens (including phenoxy) is 1. The van der Waals surface area contributed by atoms with Crippen LogP contribution in [0.25, 0.3) is 0 Å². The van der Waals surface area contributed by atoms with Crippen LogP contribution in [0.5, 0.6) is 0 Å². The normalized spacial score (nSPS) is 23.1. The summed E-state index contributed by atoms with van der Waals surface area (Å²) in [4.78, 5) is 26.5. The van der Waals surface area contributed by atoms with E-state index in [1.54, 1.807) is 0 Å². The third kappa shape index (κ3) is 4.02. The van der Waals surface area contributed by atoms with Gasteiger partial charge in [-0.25, -0.2) is 13.6 Å². The Morgan fingerprint density at radius 3 is 2.50 bits per heavy atom. The molecule has 1 aliphatic carbocycles. The molecule has 10 heteroatoms. The molecule has 2 saturated heterocycles. The summed E-state index contributed by atoms with van der Waals surface area (Å²) in [5.74, 6) is -0.822. The van der Waals surface area contributed by atoms with Crippen LogP contribution in [0.3, 0.4) is 0 Å². The second-order valence-electron chi connectivity index (χ2n) is 7.23. The predicted molar refractivity (Wildman–Crippen MR) is 99.8 cm³/mol. The lowest BCUT2D eigenvalue weighted by Crippen LogP contribution is -2.41. The Kier molecular flexibility index (Phi) is 5.33. The van der Waals surface area contributed by atoms with Crippen molar-refractivity contribution in [2.75, 3.05) is 47.5 Å². The van der Waals surface area contributed by atoms with Crippen LogP contribution in [-0.4, -0.2) is 60.3 Å². The van der Waals surface area contributed by atoms with Gasteiger partial charge in [-0.15, -0.1) is 0 Å². The fourth-order valence-corrected chi connectivity index (χ4v) is 4.47. The smallest absolute Gasteiger partial charge is 0.414 e. The van der Waals surface area contributed by atoms with Crippen molar-refractivity contribution in [1.29, 1.82) is 0 Å². The standard InChI is InChI=1S/C18H21F2N3O4S/c19-14-7-12(8-15(20)16(14)22-3-5-28(26)6-4-22)23-10-13(27-18(23)25)9-21-17(24)11-1-2-11/h7-8,11,13H,1-6,9-10H2,(H,21,24)/t13-/m0/s1. The lowest BCUT2D eigenvalue weighted by Gasteiger charge is -2.30. The van der Waals surface area contributed by atoms with Crippen LogP contribution in [0, 0.1) is 17.6 Å². The van der Waals surface area contributed by atoms with Crippen molar-refractivity contribution in [3.63, 3.8) is 0 Å². The lowest BCUT2D eigenvalue weighted by atomic mass is 10.2. The van der Waals surface area contributed by atoms with Gasteiger partial charge in [-0.05, 0) is 12.8 Å². The predicted octanol–water partition coefficient (Wildman–Crippen LogP) is 1.38. The van der Waals surface area contributed by atoms with E-state index in [4.69, 9.17) is 4.74 Å². The molecule has 3 fully saturated rings. The Hall–Kier alpha value is -2.07. The number of cyclic esters (lactones) is 1. The number of anilines is 2. The number of benzene rings is 1. The van der Waals surface area contributed by atoms with Gasteiger partial charge in [-0.3, -0.25) is 9.69 Å². The van der Waals surface area contributed by atoms with Crippen LogP contribution in [0.1, 0.15) is 12.8 Å². The second-order valence-corrected chi connectivity index (χ2v) is 8.93. The maximum Gasteiger partial charge on any atom is 0.414 e. The van der Waals surface area contributed by atoms with E-state index in [1.807, 2.05) is 0 Å². The highest BCUT2D eigenvalue weighted by atomic mass is 32.2. The van der Waals surface area contributed by atoms with Crippen LogP contribution in [0.15, 0.2) is 12.1 Å². The van der Waals surface area contributed by atoms with Crippen molar-refractivity contribution < 1.29 is 27.7 Å². The molecule has 28 heavy (non-hydrogen) atoms. The summed E-state index contributed by atoms with van der Waals surface area (Å²) < 4.78 is 45.9. The van der Waals surface area contributed by atoms with E-state index >= 15 is 0 Å². The van der Waals surface area contributed by atoms with Crippen LogP contribution in [-0.2, 0) is 20.7 Å². The van der Waals surface area contributed by atoms with E-state index in [1.165, 1.54) is 4.90 Å². The van der Waals surface area contributed by atoms with E-state index in [-0.39, 0.29) is 36.3 Å². The molecule has 0 bridgehead atoms. The number of nitrogens with zero attached hydrogens (tertiary/aromatic N) is 2. The molecule has 2 amide bonds. The zero-order chi connectivity index (χ0) is 19.8. The molecule has 1 saturated carbocycles. The summed E-state index contributed by atoms with van der Waals surface area (Å²) in [6, 6.07) is 2.22. The lowest BCUT2D eigenvalue weighted by molar-refractivity contribution is -0.122. The van der Waals surface area contributed by atoms with Crippen molar-refractivity contribution >= 4 is 34.6 Å². The van der Waals surface area contributed by atoms with Gasteiger partial charge in [0, 0.05) is 18.1 Å². The molecule has 4 rings (SSSR count). The van der Waals surface area contributed by atoms with E-state index in [2.05, 4.69) is 5.32 Å². The minimum absolute atomic E-state index is 0.0520. The Balaban J connectivity index is 1.43. The Bertz CT molecular complexity index is 761. The van der Waals surface area contributed by atoms with E-state index in [9.17, 15) is 22.9 Å². The minimum atomic E-state index is -0.954. The number of nitrogens with one attached hydrogen (secondary N) is 1. The summed E-state index contributed by atoms with van der Waals surface area (Å²) in [5.41, 5.74) is -0.0957. The molecule has 0 radical (unpaired) electrons. The van der Waals surface area contributed by atoms with Gasteiger partial charge in [0.05, 0.1) is 31.9 Å². The van der Waals surface area contributed by atoms with Crippen molar-refractivity contribution in [1.82, 2.24) is 5.32 Å². The van der Waals surface area contributed by atoms with Gasteiger partial charge < -0.3 is 19.5 Å². The minimum Gasteiger partial charge on any atom is -0.616 e. The van der Waals surface area contributed by atoms with Crippen LogP contribution < -0.4 is 15.1 Å². The van der Waals surface area contributed by atoms with Crippen LogP contribution >= 0.6 is 0 Å². The number of rotatable bonds is 5. The fraction of sp³-hybridized carbons (Fsp3) is 0.556. The molecule has 3 aliphatic rings. The van der Waals surface area contributed by atoms with Crippen molar-refractivity contribution in [3.05, 3.63) is 23.8 Å². The third-order valence-electron chi connectivity index (χ3n) is 5.13. The maximum atomic E-state index is 14.6. The summed E-state index contributed by atoms with van der Waals surface area (Å²) in [6.45, 7) is 0.902. The topological polar surface area (TPSA) is 84.9 Å². The van der Waals surface area contributed by atoms with Crippen LogP contribution in [0.4, 0.5) is 25.0 Å². The SMILES string of the molecule is O=C(NC[C@H]1CN(c2cc(F)c(N3CC[S+]([O-])CC3)c(F)c2)C(=O)O1)C1CC1. The highest BCUT2D eigenvalue weighted by Gasteiger charge is 2.36. The van der Waals surface area contributed by atoms with Crippen molar-refractivity contribution in [3.8, 4) is 0 Å². The van der Waals surface area contributed by atoms with E-state index in [0.29, 0.717) is 24.6 Å². The Morgan fingerprint density at radius 1 is 1.25 bits per heavy atom. The van der Waals surface area contributed by atoms with Gasteiger partial charge in [0.1, 0.15) is 23.3 Å². The Morgan fingerprint density at radius 2 is 1.89 bits per heavy atom. The molecule has 7 nitrogen and oxygen atoms in total. The first kappa shape index (κ1) is 19.3. The highest BCUT2D eigenvalue weighted by molar-refractivity contribution is 7.91. The summed E-state index contributed by atoms with van der Waals surface area (Å²) in [7, 11) is 0. The number of carbonyl (C=O) groups is 2. The van der Waals surface area contributed by atoms with Gasteiger partial charge in [0.25, 0.3) is 0 Å². The van der Waals surface area contributed by atoms with Gasteiger partial charge in [-0.1, -0.05) is 11.2 Å².